The average Bonchev–Trinajstić information content (AvgIpc) is 3.26. The van der Waals surface area contributed by atoms with Gasteiger partial charge in [-0.25, -0.2) is 8.42 Å². The first kappa shape index (κ1) is 21.0. The van der Waals surface area contributed by atoms with E-state index in [0.29, 0.717) is 32.5 Å². The zero-order valence-corrected chi connectivity index (χ0v) is 18.1. The predicted molar refractivity (Wildman–Crippen MR) is 114 cm³/mol. The molecule has 160 valence electrons. The van der Waals surface area contributed by atoms with Gasteiger partial charge in [-0.1, -0.05) is 17.7 Å². The number of carbonyl (C=O) groups excluding carboxylic acids is 1. The van der Waals surface area contributed by atoms with Gasteiger partial charge >= 0.3 is 0 Å². The van der Waals surface area contributed by atoms with Crippen LogP contribution in [-0.2, 0) is 21.4 Å². The summed E-state index contributed by atoms with van der Waals surface area (Å²) in [5, 5.41) is 0. The average molecular weight is 429 g/mol. The quantitative estimate of drug-likeness (QED) is 0.727. The van der Waals surface area contributed by atoms with E-state index in [2.05, 4.69) is 9.88 Å². The second-order valence-electron chi connectivity index (χ2n) is 8.04. The second kappa shape index (κ2) is 8.83. The number of sulfonamides is 1. The standard InChI is InChI=1S/C22H28N4O3S/c1-18-4-6-20(7-5-18)30(28,29)26-12-2-3-21(26)22(27)25-15-13-24(14-16-25)17-19-8-10-23-11-9-19/h4-11,21H,2-3,12-17H2,1H3/t21-/m1/s1. The summed E-state index contributed by atoms with van der Waals surface area (Å²) in [6, 6.07) is 10.3. The summed E-state index contributed by atoms with van der Waals surface area (Å²) in [6.07, 6.45) is 4.88. The van der Waals surface area contributed by atoms with Crippen molar-refractivity contribution in [2.75, 3.05) is 32.7 Å². The molecule has 30 heavy (non-hydrogen) atoms. The van der Waals surface area contributed by atoms with Gasteiger partial charge in [0.15, 0.2) is 0 Å². The van der Waals surface area contributed by atoms with Crippen LogP contribution >= 0.6 is 0 Å². The molecule has 0 bridgehead atoms. The molecular weight excluding hydrogens is 400 g/mol. The number of carbonyl (C=O) groups is 1. The van der Waals surface area contributed by atoms with E-state index in [1.807, 2.05) is 24.0 Å². The van der Waals surface area contributed by atoms with E-state index in [1.54, 1.807) is 36.7 Å². The summed E-state index contributed by atoms with van der Waals surface area (Å²) >= 11 is 0. The fourth-order valence-corrected chi connectivity index (χ4v) is 5.85. The van der Waals surface area contributed by atoms with E-state index in [9.17, 15) is 13.2 Å². The molecule has 2 saturated heterocycles. The minimum atomic E-state index is -3.67. The minimum Gasteiger partial charge on any atom is -0.339 e. The van der Waals surface area contributed by atoms with Gasteiger partial charge in [0.25, 0.3) is 0 Å². The monoisotopic (exact) mass is 428 g/mol. The first-order valence-corrected chi connectivity index (χ1v) is 11.9. The molecule has 8 heteroatoms. The van der Waals surface area contributed by atoms with Crippen LogP contribution in [0.3, 0.4) is 0 Å². The highest BCUT2D eigenvalue weighted by Gasteiger charge is 2.41. The van der Waals surface area contributed by atoms with Crippen molar-refractivity contribution in [3.05, 3.63) is 59.9 Å². The van der Waals surface area contributed by atoms with Crippen LogP contribution in [0.15, 0.2) is 53.7 Å². The van der Waals surface area contributed by atoms with Crippen LogP contribution in [0.1, 0.15) is 24.0 Å². The largest absolute Gasteiger partial charge is 0.339 e. The molecule has 0 aliphatic carbocycles. The molecule has 0 saturated carbocycles. The summed E-state index contributed by atoms with van der Waals surface area (Å²) in [5.74, 6) is -0.0632. The Hall–Kier alpha value is -2.29. The highest BCUT2D eigenvalue weighted by molar-refractivity contribution is 7.89. The van der Waals surface area contributed by atoms with Gasteiger partial charge in [-0.15, -0.1) is 0 Å². The molecular formula is C22H28N4O3S. The van der Waals surface area contributed by atoms with Crippen molar-refractivity contribution < 1.29 is 13.2 Å². The van der Waals surface area contributed by atoms with Gasteiger partial charge in [-0.2, -0.15) is 4.31 Å². The van der Waals surface area contributed by atoms with Gasteiger partial charge in [0.2, 0.25) is 15.9 Å². The Morgan fingerprint density at radius 3 is 2.33 bits per heavy atom. The lowest BCUT2D eigenvalue weighted by Crippen LogP contribution is -2.54. The van der Waals surface area contributed by atoms with E-state index >= 15 is 0 Å². The van der Waals surface area contributed by atoms with Crippen LogP contribution in [0, 0.1) is 6.92 Å². The number of hydrogen-bond acceptors (Lipinski definition) is 5. The Morgan fingerprint density at radius 2 is 1.67 bits per heavy atom. The van der Waals surface area contributed by atoms with Gasteiger partial charge in [-0.05, 0) is 49.6 Å². The van der Waals surface area contributed by atoms with E-state index in [-0.39, 0.29) is 10.8 Å². The molecule has 0 spiro atoms. The number of hydrogen-bond donors (Lipinski definition) is 0. The molecule has 1 amide bonds. The number of piperazine rings is 1. The molecule has 0 N–H and O–H groups in total. The molecule has 2 aromatic rings. The normalized spacial score (nSPS) is 21.1. The first-order valence-electron chi connectivity index (χ1n) is 10.4. The van der Waals surface area contributed by atoms with Crippen molar-refractivity contribution in [3.63, 3.8) is 0 Å². The Kier molecular flexibility index (Phi) is 6.17. The lowest BCUT2D eigenvalue weighted by Gasteiger charge is -2.37. The van der Waals surface area contributed by atoms with E-state index < -0.39 is 16.1 Å². The Bertz CT molecular complexity index is 971. The van der Waals surface area contributed by atoms with Gasteiger partial charge in [0.1, 0.15) is 6.04 Å². The third-order valence-electron chi connectivity index (χ3n) is 5.96. The summed E-state index contributed by atoms with van der Waals surface area (Å²) in [4.78, 5) is 21.6. The Balaban J connectivity index is 1.40. The maximum absolute atomic E-state index is 13.2. The van der Waals surface area contributed by atoms with Gasteiger partial charge in [0.05, 0.1) is 4.90 Å². The highest BCUT2D eigenvalue weighted by atomic mass is 32.2. The molecule has 3 heterocycles. The summed E-state index contributed by atoms with van der Waals surface area (Å²) in [5.41, 5.74) is 2.21. The zero-order valence-electron chi connectivity index (χ0n) is 17.3. The van der Waals surface area contributed by atoms with Crippen molar-refractivity contribution in [1.82, 2.24) is 19.1 Å². The molecule has 2 aliphatic rings. The lowest BCUT2D eigenvalue weighted by molar-refractivity contribution is -0.136. The molecule has 4 rings (SSSR count). The Morgan fingerprint density at radius 1 is 1.00 bits per heavy atom. The number of nitrogens with zero attached hydrogens (tertiary/aromatic N) is 4. The van der Waals surface area contributed by atoms with Crippen LogP contribution in [0.5, 0.6) is 0 Å². The predicted octanol–water partition coefficient (Wildman–Crippen LogP) is 1.89. The van der Waals surface area contributed by atoms with E-state index in [1.165, 1.54) is 9.87 Å². The van der Waals surface area contributed by atoms with Crippen LogP contribution in [0.25, 0.3) is 0 Å². The molecule has 2 fully saturated rings. The minimum absolute atomic E-state index is 0.0632. The number of benzene rings is 1. The number of pyridine rings is 1. The molecule has 1 aromatic carbocycles. The topological polar surface area (TPSA) is 73.8 Å². The fraction of sp³-hybridized carbons (Fsp3) is 0.455. The van der Waals surface area contributed by atoms with Crippen molar-refractivity contribution in [2.24, 2.45) is 0 Å². The summed E-state index contributed by atoms with van der Waals surface area (Å²) < 4.78 is 27.7. The van der Waals surface area contributed by atoms with Crippen LogP contribution < -0.4 is 0 Å². The molecule has 2 aliphatic heterocycles. The maximum atomic E-state index is 13.2. The van der Waals surface area contributed by atoms with E-state index in [4.69, 9.17) is 0 Å². The van der Waals surface area contributed by atoms with E-state index in [0.717, 1.165) is 25.2 Å². The number of amides is 1. The lowest BCUT2D eigenvalue weighted by atomic mass is 10.1. The van der Waals surface area contributed by atoms with Crippen molar-refractivity contribution in [1.29, 1.82) is 0 Å². The highest BCUT2D eigenvalue weighted by Crippen LogP contribution is 2.28. The maximum Gasteiger partial charge on any atom is 0.243 e. The zero-order chi connectivity index (χ0) is 21.1. The molecule has 0 unspecified atom stereocenters. The van der Waals surface area contributed by atoms with Crippen molar-refractivity contribution >= 4 is 15.9 Å². The summed E-state index contributed by atoms with van der Waals surface area (Å²) in [7, 11) is -3.67. The Labute approximate surface area is 178 Å². The molecule has 0 radical (unpaired) electrons. The van der Waals surface area contributed by atoms with Crippen LogP contribution in [0.2, 0.25) is 0 Å². The SMILES string of the molecule is Cc1ccc(S(=O)(=O)N2CCC[C@@H]2C(=O)N2CCN(Cc3ccncc3)CC2)cc1. The summed E-state index contributed by atoms with van der Waals surface area (Å²) in [6.45, 7) is 5.97. The third kappa shape index (κ3) is 4.40. The van der Waals surface area contributed by atoms with Gasteiger partial charge in [0, 0.05) is 51.7 Å². The molecule has 7 nitrogen and oxygen atoms in total. The number of aromatic nitrogens is 1. The van der Waals surface area contributed by atoms with Gasteiger partial charge < -0.3 is 4.90 Å². The van der Waals surface area contributed by atoms with Crippen LogP contribution in [-0.4, -0.2) is 72.2 Å². The van der Waals surface area contributed by atoms with Crippen molar-refractivity contribution in [2.45, 2.75) is 37.2 Å². The smallest absolute Gasteiger partial charge is 0.243 e. The number of aryl methyl sites for hydroxylation is 1. The first-order chi connectivity index (χ1) is 14.4. The third-order valence-corrected chi connectivity index (χ3v) is 7.88. The fourth-order valence-electron chi connectivity index (χ4n) is 4.20. The van der Waals surface area contributed by atoms with Crippen molar-refractivity contribution in [3.8, 4) is 0 Å². The second-order valence-corrected chi connectivity index (χ2v) is 9.93. The van der Waals surface area contributed by atoms with Crippen LogP contribution in [0.4, 0.5) is 0 Å². The molecule has 1 aromatic heterocycles. The molecule has 1 atom stereocenters. The number of rotatable bonds is 5. The van der Waals surface area contributed by atoms with Gasteiger partial charge in [-0.3, -0.25) is 14.7 Å².